The number of thioether (sulfide) groups is 1. The van der Waals surface area contributed by atoms with Gasteiger partial charge < -0.3 is 5.32 Å². The molecule has 0 spiro atoms. The van der Waals surface area contributed by atoms with Gasteiger partial charge in [0.05, 0.1) is 11.4 Å². The first-order valence-electron chi connectivity index (χ1n) is 4.80. The molecule has 2 unspecified atom stereocenters. The highest BCUT2D eigenvalue weighted by Crippen LogP contribution is 2.31. The summed E-state index contributed by atoms with van der Waals surface area (Å²) in [4.78, 5) is 15.5. The van der Waals surface area contributed by atoms with Gasteiger partial charge in [-0.3, -0.25) is 15.1 Å². The quantitative estimate of drug-likeness (QED) is 0.768. The van der Waals surface area contributed by atoms with Crippen LogP contribution in [0.1, 0.15) is 10.9 Å². The summed E-state index contributed by atoms with van der Waals surface area (Å²) < 4.78 is 0. The number of hydrogen-bond donors (Lipinski definition) is 2. The summed E-state index contributed by atoms with van der Waals surface area (Å²) in [5.74, 6) is 0.855. The predicted octanol–water partition coefficient (Wildman–Crippen LogP) is 0.531. The lowest BCUT2D eigenvalue weighted by atomic mass is 10.2. The number of pyridine rings is 1. The van der Waals surface area contributed by atoms with Crippen molar-refractivity contribution in [1.29, 1.82) is 0 Å². The molecule has 2 rings (SSSR count). The first kappa shape index (κ1) is 10.4. The van der Waals surface area contributed by atoms with Crippen LogP contribution in [0.2, 0.25) is 0 Å². The third-order valence-corrected chi connectivity index (χ3v) is 3.60. The minimum absolute atomic E-state index is 0.0499. The lowest BCUT2D eigenvalue weighted by Gasteiger charge is -2.11. The Bertz CT molecular complexity index is 344. The van der Waals surface area contributed by atoms with E-state index in [0.717, 1.165) is 11.3 Å². The molecule has 1 aromatic heterocycles. The van der Waals surface area contributed by atoms with E-state index in [9.17, 15) is 4.79 Å². The molecule has 1 fully saturated rings. The standard InChI is InChI=1S/C10H13N3OS/c1-11-9(14)8-6-15-10(13-8)7-3-2-4-12-5-7/h2-5,8,10,13H,6H2,1H3,(H,11,14). The SMILES string of the molecule is CNC(=O)C1CSC(c2cccnc2)N1. The van der Waals surface area contributed by atoms with Crippen LogP contribution in [0.3, 0.4) is 0 Å². The van der Waals surface area contributed by atoms with Gasteiger partial charge in [-0.15, -0.1) is 11.8 Å². The lowest BCUT2D eigenvalue weighted by molar-refractivity contribution is -0.122. The topological polar surface area (TPSA) is 54.0 Å². The number of carbonyl (C=O) groups is 1. The summed E-state index contributed by atoms with van der Waals surface area (Å²) in [5.41, 5.74) is 1.12. The van der Waals surface area contributed by atoms with Crippen molar-refractivity contribution in [1.82, 2.24) is 15.6 Å². The van der Waals surface area contributed by atoms with Gasteiger partial charge in [0.15, 0.2) is 0 Å². The van der Waals surface area contributed by atoms with Crippen LogP contribution in [0.25, 0.3) is 0 Å². The molecule has 2 N–H and O–H groups in total. The minimum Gasteiger partial charge on any atom is -0.358 e. The van der Waals surface area contributed by atoms with Gasteiger partial charge in [-0.05, 0) is 11.6 Å². The number of carbonyl (C=O) groups excluding carboxylic acids is 1. The van der Waals surface area contributed by atoms with Crippen LogP contribution in [-0.2, 0) is 4.79 Å². The predicted molar refractivity (Wildman–Crippen MR) is 60.4 cm³/mol. The third-order valence-electron chi connectivity index (χ3n) is 2.33. The van der Waals surface area contributed by atoms with Crippen LogP contribution in [0, 0.1) is 0 Å². The Morgan fingerprint density at radius 2 is 2.60 bits per heavy atom. The average molecular weight is 223 g/mol. The molecule has 1 saturated heterocycles. The van der Waals surface area contributed by atoms with Gasteiger partial charge in [-0.25, -0.2) is 0 Å². The summed E-state index contributed by atoms with van der Waals surface area (Å²) in [5, 5.41) is 6.10. The first-order valence-corrected chi connectivity index (χ1v) is 5.85. The molecule has 0 radical (unpaired) electrons. The smallest absolute Gasteiger partial charge is 0.237 e. The Kier molecular flexibility index (Phi) is 3.23. The molecule has 1 amide bonds. The molecule has 80 valence electrons. The van der Waals surface area contributed by atoms with Gasteiger partial charge in [-0.2, -0.15) is 0 Å². The number of likely N-dealkylation sites (N-methyl/N-ethyl adjacent to an activating group) is 1. The Labute approximate surface area is 92.9 Å². The highest BCUT2D eigenvalue weighted by Gasteiger charge is 2.29. The fourth-order valence-corrected chi connectivity index (χ4v) is 2.75. The second kappa shape index (κ2) is 4.63. The molecule has 0 bridgehead atoms. The van der Waals surface area contributed by atoms with Gasteiger partial charge in [0.1, 0.15) is 0 Å². The Balaban J connectivity index is 2.02. The second-order valence-corrected chi connectivity index (χ2v) is 4.47. The Morgan fingerprint density at radius 3 is 3.27 bits per heavy atom. The Hall–Kier alpha value is -1.07. The molecule has 1 aliphatic rings. The second-order valence-electron chi connectivity index (χ2n) is 3.33. The van der Waals surface area contributed by atoms with E-state index in [1.54, 1.807) is 25.0 Å². The summed E-state index contributed by atoms with van der Waals surface area (Å²) in [6.45, 7) is 0. The minimum atomic E-state index is -0.0924. The van der Waals surface area contributed by atoms with Crippen molar-refractivity contribution in [3.8, 4) is 0 Å². The number of aromatic nitrogens is 1. The zero-order valence-corrected chi connectivity index (χ0v) is 9.25. The molecular formula is C10H13N3OS. The Morgan fingerprint density at radius 1 is 1.73 bits per heavy atom. The largest absolute Gasteiger partial charge is 0.358 e. The van der Waals surface area contributed by atoms with E-state index in [4.69, 9.17) is 0 Å². The number of amides is 1. The van der Waals surface area contributed by atoms with Gasteiger partial charge in [0, 0.05) is 25.2 Å². The van der Waals surface area contributed by atoms with E-state index in [2.05, 4.69) is 15.6 Å². The maximum absolute atomic E-state index is 11.4. The normalized spacial score (nSPS) is 25.1. The van der Waals surface area contributed by atoms with Crippen molar-refractivity contribution >= 4 is 17.7 Å². The summed E-state index contributed by atoms with van der Waals surface area (Å²) >= 11 is 1.74. The number of hydrogen-bond acceptors (Lipinski definition) is 4. The highest BCUT2D eigenvalue weighted by molar-refractivity contribution is 7.99. The van der Waals surface area contributed by atoms with E-state index in [0.29, 0.717) is 0 Å². The van der Waals surface area contributed by atoms with Crippen LogP contribution >= 0.6 is 11.8 Å². The van der Waals surface area contributed by atoms with Crippen molar-refractivity contribution < 1.29 is 4.79 Å². The molecule has 15 heavy (non-hydrogen) atoms. The fourth-order valence-electron chi connectivity index (χ4n) is 1.52. The molecular weight excluding hydrogens is 210 g/mol. The van der Waals surface area contributed by atoms with Crippen molar-refractivity contribution in [2.75, 3.05) is 12.8 Å². The first-order chi connectivity index (χ1) is 7.31. The maximum atomic E-state index is 11.4. The monoisotopic (exact) mass is 223 g/mol. The van der Waals surface area contributed by atoms with Gasteiger partial charge in [-0.1, -0.05) is 6.07 Å². The van der Waals surface area contributed by atoms with Crippen LogP contribution in [0.4, 0.5) is 0 Å². The fraction of sp³-hybridized carbons (Fsp3) is 0.400. The molecule has 5 heteroatoms. The van der Waals surface area contributed by atoms with Crippen molar-refractivity contribution in [3.63, 3.8) is 0 Å². The van der Waals surface area contributed by atoms with Gasteiger partial charge in [0.2, 0.25) is 5.91 Å². The molecule has 0 aliphatic carbocycles. The third kappa shape index (κ3) is 2.30. The molecule has 2 atom stereocenters. The van der Waals surface area contributed by atoms with Crippen LogP contribution < -0.4 is 10.6 Å². The number of nitrogens with zero attached hydrogens (tertiary/aromatic N) is 1. The average Bonchev–Trinajstić information content (AvgIpc) is 2.78. The van der Waals surface area contributed by atoms with Gasteiger partial charge in [0.25, 0.3) is 0 Å². The molecule has 4 nitrogen and oxygen atoms in total. The molecule has 0 saturated carbocycles. The van der Waals surface area contributed by atoms with Gasteiger partial charge >= 0.3 is 0 Å². The molecule has 0 aromatic carbocycles. The maximum Gasteiger partial charge on any atom is 0.237 e. The number of rotatable bonds is 2. The van der Waals surface area contributed by atoms with E-state index in [1.165, 1.54) is 0 Å². The molecule has 2 heterocycles. The van der Waals surface area contributed by atoms with Crippen LogP contribution in [0.5, 0.6) is 0 Å². The lowest BCUT2D eigenvalue weighted by Crippen LogP contribution is -2.40. The van der Waals surface area contributed by atoms with E-state index in [-0.39, 0.29) is 17.3 Å². The highest BCUT2D eigenvalue weighted by atomic mass is 32.2. The van der Waals surface area contributed by atoms with Crippen molar-refractivity contribution in [3.05, 3.63) is 30.1 Å². The van der Waals surface area contributed by atoms with E-state index < -0.39 is 0 Å². The molecule has 1 aliphatic heterocycles. The zero-order valence-electron chi connectivity index (χ0n) is 8.43. The van der Waals surface area contributed by atoms with Crippen LogP contribution in [0.15, 0.2) is 24.5 Å². The van der Waals surface area contributed by atoms with Crippen LogP contribution in [-0.4, -0.2) is 29.7 Å². The molecule has 1 aromatic rings. The number of nitrogens with one attached hydrogen (secondary N) is 2. The summed E-state index contributed by atoms with van der Waals surface area (Å²) in [6, 6.07) is 3.83. The van der Waals surface area contributed by atoms with Crippen molar-refractivity contribution in [2.45, 2.75) is 11.4 Å². The van der Waals surface area contributed by atoms with Crippen molar-refractivity contribution in [2.24, 2.45) is 0 Å². The zero-order chi connectivity index (χ0) is 10.7. The van der Waals surface area contributed by atoms with E-state index in [1.807, 2.05) is 18.3 Å². The van der Waals surface area contributed by atoms with E-state index >= 15 is 0 Å². The summed E-state index contributed by atoms with van der Waals surface area (Å²) in [6.07, 6.45) is 3.58. The summed E-state index contributed by atoms with van der Waals surface area (Å²) in [7, 11) is 1.66.